The van der Waals surface area contributed by atoms with Crippen molar-refractivity contribution in [3.8, 4) is 51.1 Å². The van der Waals surface area contributed by atoms with Crippen molar-refractivity contribution in [2.45, 2.75) is 26.2 Å². The van der Waals surface area contributed by atoms with Crippen molar-refractivity contribution < 1.29 is 29.3 Å². The van der Waals surface area contributed by atoms with E-state index in [0.717, 1.165) is 5.56 Å². The molecule has 1 aliphatic carbocycles. The molecular weight excluding hydrogens is 683 g/mol. The summed E-state index contributed by atoms with van der Waals surface area (Å²) in [5, 5.41) is 38.0. The number of carbonyl (C=O) groups is 1. The lowest BCUT2D eigenvalue weighted by molar-refractivity contribution is 0.0697. The van der Waals surface area contributed by atoms with Gasteiger partial charge in [0.25, 0.3) is 0 Å². The fourth-order valence-corrected chi connectivity index (χ4v) is 6.21. The third-order valence-corrected chi connectivity index (χ3v) is 8.70. The minimum Gasteiger partial charge on any atom is -0.508 e. The molecule has 0 saturated heterocycles. The molecule has 0 atom stereocenters. The second-order valence-corrected chi connectivity index (χ2v) is 13.6. The Bertz CT molecular complexity index is 2540. The maximum atomic E-state index is 12.5. The van der Waals surface area contributed by atoms with Crippen LogP contribution >= 0.6 is 12.2 Å². The number of aromatic nitrogens is 3. The number of carboxylic acid groups (broad SMARTS) is 1. The number of hydrogen-bond donors (Lipinski definition) is 5. The molecule has 3 aromatic carbocycles. The number of aromatic carboxylic acids is 1. The zero-order valence-electron chi connectivity index (χ0n) is 28.3. The van der Waals surface area contributed by atoms with E-state index in [2.05, 4.69) is 20.6 Å². The molecule has 0 saturated carbocycles. The summed E-state index contributed by atoms with van der Waals surface area (Å²) in [6.45, 7) is 6.64. The highest BCUT2D eigenvalue weighted by Gasteiger charge is 2.25. The highest BCUT2D eigenvalue weighted by atomic mass is 32.1. The summed E-state index contributed by atoms with van der Waals surface area (Å²) in [4.78, 5) is 33.7. The van der Waals surface area contributed by atoms with Gasteiger partial charge in [0.05, 0.1) is 24.0 Å². The average molecular weight is 716 g/mol. The largest absolute Gasteiger partial charge is 0.508 e. The van der Waals surface area contributed by atoms with E-state index < -0.39 is 5.97 Å². The van der Waals surface area contributed by atoms with Crippen LogP contribution in [0, 0.1) is 0 Å². The molecule has 52 heavy (non-hydrogen) atoms. The van der Waals surface area contributed by atoms with E-state index in [1.165, 1.54) is 30.3 Å². The highest BCUT2D eigenvalue weighted by molar-refractivity contribution is 7.80. The van der Waals surface area contributed by atoms with Crippen molar-refractivity contribution >= 4 is 45.6 Å². The van der Waals surface area contributed by atoms with Crippen molar-refractivity contribution in [3.05, 3.63) is 113 Å². The molecule has 13 heteroatoms. The van der Waals surface area contributed by atoms with E-state index in [9.17, 15) is 24.9 Å². The topological polar surface area (TPSA) is 171 Å². The second kappa shape index (κ2) is 13.3. The van der Waals surface area contributed by atoms with Crippen LogP contribution in [0.1, 0.15) is 36.8 Å². The summed E-state index contributed by atoms with van der Waals surface area (Å²) >= 11 is 5.47. The summed E-state index contributed by atoms with van der Waals surface area (Å²) in [6, 6.07) is 21.2. The number of imidazole rings is 1. The van der Waals surface area contributed by atoms with Gasteiger partial charge in [-0.2, -0.15) is 0 Å². The van der Waals surface area contributed by atoms with Crippen molar-refractivity contribution in [2.75, 3.05) is 18.5 Å². The van der Waals surface area contributed by atoms with Crippen LogP contribution in [-0.4, -0.2) is 53.9 Å². The minimum absolute atomic E-state index is 0.000684. The van der Waals surface area contributed by atoms with E-state index >= 15 is 0 Å². The predicted molar refractivity (Wildman–Crippen MR) is 202 cm³/mol. The number of fused-ring (bicyclic) bond motifs is 3. The van der Waals surface area contributed by atoms with Crippen molar-refractivity contribution in [1.82, 2.24) is 19.7 Å². The minimum atomic E-state index is -1.16. The lowest BCUT2D eigenvalue weighted by Crippen LogP contribution is -2.32. The fourth-order valence-electron chi connectivity index (χ4n) is 5.99. The van der Waals surface area contributed by atoms with Crippen molar-refractivity contribution in [1.29, 1.82) is 0 Å². The van der Waals surface area contributed by atoms with Crippen LogP contribution in [0.2, 0.25) is 0 Å². The van der Waals surface area contributed by atoms with Gasteiger partial charge in [-0.05, 0) is 78.4 Å². The predicted octanol–water partition coefficient (Wildman–Crippen LogP) is 7.05. The molecule has 0 amide bonds. The number of thiocarbonyl (C=S) groups is 1. The number of benzene rings is 4. The molecule has 5 aromatic rings. The second-order valence-electron chi connectivity index (χ2n) is 13.2. The van der Waals surface area contributed by atoms with Gasteiger partial charge in [-0.3, -0.25) is 14.2 Å². The first-order valence-electron chi connectivity index (χ1n) is 16.3. The van der Waals surface area contributed by atoms with Crippen LogP contribution in [0.25, 0.3) is 50.3 Å². The third kappa shape index (κ3) is 6.68. The molecule has 0 bridgehead atoms. The first kappa shape index (κ1) is 34.0. The smallest absolute Gasteiger partial charge is 0.336 e. The Morgan fingerprint density at radius 1 is 0.981 bits per heavy atom. The van der Waals surface area contributed by atoms with Crippen LogP contribution < -0.4 is 20.8 Å². The van der Waals surface area contributed by atoms with Crippen LogP contribution in [0.15, 0.2) is 100 Å². The number of phenolic OH excluding ortho intramolecular Hbond substituents is 1. The van der Waals surface area contributed by atoms with Gasteiger partial charge in [0.1, 0.15) is 35.1 Å². The number of nitrogens with zero attached hydrogens (tertiary/aromatic N) is 3. The number of phenols is 1. The molecule has 2 aromatic heterocycles. The van der Waals surface area contributed by atoms with Crippen LogP contribution in [0.4, 0.5) is 5.69 Å². The van der Waals surface area contributed by atoms with Gasteiger partial charge < -0.3 is 35.1 Å². The Hall–Kier alpha value is -6.47. The van der Waals surface area contributed by atoms with Crippen LogP contribution in [-0.2, 0) is 5.41 Å². The van der Waals surface area contributed by atoms with Gasteiger partial charge in [0.2, 0.25) is 5.88 Å². The van der Waals surface area contributed by atoms with Gasteiger partial charge in [0, 0.05) is 51.5 Å². The Labute approximate surface area is 302 Å². The number of anilines is 1. The molecule has 0 radical (unpaired) electrons. The molecule has 2 aliphatic rings. The van der Waals surface area contributed by atoms with Crippen LogP contribution in [0.5, 0.6) is 17.4 Å². The summed E-state index contributed by atoms with van der Waals surface area (Å²) in [7, 11) is 0. The molecule has 7 rings (SSSR count). The summed E-state index contributed by atoms with van der Waals surface area (Å²) in [5.74, 6) is -0.188. The molecule has 0 spiro atoms. The van der Waals surface area contributed by atoms with E-state index in [0.29, 0.717) is 69.3 Å². The Morgan fingerprint density at radius 2 is 1.75 bits per heavy atom. The first-order valence-corrected chi connectivity index (χ1v) is 16.7. The standard InChI is InChI=1S/C39H33N5O7S/c1-39(2,3)35-36(47)44-20-30(41-19-33(44)43-35)21-4-9-25(10-5-21)50-15-14-40-38(52)42-22-6-11-26(29(16-22)37(48)49)34-27-12-7-23(45)17-31(27)51-32-18-24(46)8-13-28(32)34/h4-13,16-20,45,47H,14-15H2,1-3H3,(H,48,49)(H2,40,42,52). The first-order chi connectivity index (χ1) is 24.9. The molecule has 5 N–H and O–H groups in total. The van der Waals surface area contributed by atoms with Crippen molar-refractivity contribution in [2.24, 2.45) is 0 Å². The fraction of sp³-hybridized carbons (Fsp3) is 0.154. The maximum Gasteiger partial charge on any atom is 0.336 e. The summed E-state index contributed by atoms with van der Waals surface area (Å²) < 4.78 is 13.4. The SMILES string of the molecule is CC(C)(C)c1nc2cnc(-c3ccc(OCCNC(=S)Nc4ccc(-c5c6ccc(=O)cc-6oc6cc(O)ccc56)c(C(=O)O)c4)cc3)cn2c1O. The number of nitrogens with one attached hydrogen (secondary N) is 2. The molecule has 1 aliphatic heterocycles. The molecule has 0 fully saturated rings. The number of rotatable bonds is 8. The number of aromatic hydroxyl groups is 2. The molecule has 12 nitrogen and oxygen atoms in total. The van der Waals surface area contributed by atoms with Gasteiger partial charge in [-0.1, -0.05) is 26.8 Å². The van der Waals surface area contributed by atoms with E-state index in [-0.39, 0.29) is 38.9 Å². The van der Waals surface area contributed by atoms with Gasteiger partial charge >= 0.3 is 5.97 Å². The summed E-state index contributed by atoms with van der Waals surface area (Å²) in [5.41, 5.74) is 4.36. The quantitative estimate of drug-likeness (QED) is 0.0618. The summed E-state index contributed by atoms with van der Waals surface area (Å²) in [6.07, 6.45) is 3.39. The van der Waals surface area contributed by atoms with Crippen molar-refractivity contribution in [3.63, 3.8) is 0 Å². The zero-order valence-corrected chi connectivity index (χ0v) is 29.1. The molecular formula is C39H33N5O7S. The molecule has 3 heterocycles. The number of carboxylic acids is 1. The highest BCUT2D eigenvalue weighted by Crippen LogP contribution is 2.42. The van der Waals surface area contributed by atoms with Gasteiger partial charge in [-0.15, -0.1) is 0 Å². The third-order valence-electron chi connectivity index (χ3n) is 8.45. The Kier molecular flexibility index (Phi) is 8.72. The molecule has 262 valence electrons. The van der Waals surface area contributed by atoms with Gasteiger partial charge in [-0.25, -0.2) is 9.78 Å². The molecule has 0 unspecified atom stereocenters. The van der Waals surface area contributed by atoms with Gasteiger partial charge in [0.15, 0.2) is 16.2 Å². The number of ether oxygens (including phenoxy) is 1. The van der Waals surface area contributed by atoms with Crippen LogP contribution in [0.3, 0.4) is 0 Å². The average Bonchev–Trinajstić information content (AvgIpc) is 3.45. The van der Waals surface area contributed by atoms with E-state index in [4.69, 9.17) is 21.4 Å². The normalized spacial score (nSPS) is 11.6. The number of hydrogen-bond acceptors (Lipinski definition) is 9. The lowest BCUT2D eigenvalue weighted by atomic mass is 9.90. The zero-order chi connectivity index (χ0) is 36.7. The monoisotopic (exact) mass is 715 g/mol. The Balaban J connectivity index is 1.00. The lowest BCUT2D eigenvalue weighted by Gasteiger charge is -2.18. The maximum absolute atomic E-state index is 12.5. The Morgan fingerprint density at radius 3 is 2.50 bits per heavy atom. The van der Waals surface area contributed by atoms with E-state index in [1.54, 1.807) is 41.1 Å². The van der Waals surface area contributed by atoms with E-state index in [1.807, 2.05) is 45.0 Å².